The molecule has 1 saturated heterocycles. The van der Waals surface area contributed by atoms with Crippen LogP contribution in [0.25, 0.3) is 11.2 Å². The topological polar surface area (TPSA) is 178 Å². The molecule has 1 unspecified atom stereocenters. The Kier molecular flexibility index (Phi) is 16.7. The Morgan fingerprint density at radius 2 is 1.30 bits per heavy atom. The normalized spacial score (nSPS) is 18.8. The number of aliphatic hydroxyl groups excluding tert-OH is 1. The number of hydrogen-bond donors (Lipinski definition) is 1. The first kappa shape index (κ1) is 54.6. The van der Waals surface area contributed by atoms with Gasteiger partial charge in [-0.1, -0.05) is 87.5 Å². The van der Waals surface area contributed by atoms with Gasteiger partial charge in [0.15, 0.2) is 25.7 Å². The zero-order chi connectivity index (χ0) is 53.1. The van der Waals surface area contributed by atoms with Gasteiger partial charge in [-0.2, -0.15) is 0 Å². The molecule has 6 aromatic rings. The van der Waals surface area contributed by atoms with E-state index in [9.17, 15) is 19.5 Å². The molecule has 394 valence electrons. The lowest BCUT2D eigenvalue weighted by Gasteiger charge is -2.43. The van der Waals surface area contributed by atoms with Crippen LogP contribution < -0.4 is 15.0 Å². The lowest BCUT2D eigenvalue weighted by Crippen LogP contribution is -2.51. The third kappa shape index (κ3) is 10.7. The second kappa shape index (κ2) is 22.7. The van der Waals surface area contributed by atoms with Gasteiger partial charge in [-0.05, 0) is 98.9 Å². The molecule has 4 heterocycles. The number of imidazole rings is 1. The molecule has 0 aliphatic carbocycles. The molecule has 2 aromatic heterocycles. The number of rotatable bonds is 22. The third-order valence-electron chi connectivity index (χ3n) is 14.2. The minimum absolute atomic E-state index is 0.00804. The average molecular weight is 1050 g/mol. The third-order valence-corrected chi connectivity index (χ3v) is 20.8. The molecule has 17 nitrogen and oxygen atoms in total. The van der Waals surface area contributed by atoms with E-state index < -0.39 is 64.4 Å². The summed E-state index contributed by atoms with van der Waals surface area (Å²) in [6.45, 7) is 18.8. The summed E-state index contributed by atoms with van der Waals surface area (Å²) in [5.74, 6) is 0.532. The maximum atomic E-state index is 14.4. The second-order valence-electron chi connectivity index (χ2n) is 20.5. The zero-order valence-electron chi connectivity index (χ0n) is 44.1. The lowest BCUT2D eigenvalue weighted by molar-refractivity contribution is -0.0928. The van der Waals surface area contributed by atoms with Crippen LogP contribution in [0.5, 0.6) is 11.5 Å². The first-order valence-corrected chi connectivity index (χ1v) is 29.1. The molecule has 2 aliphatic rings. The van der Waals surface area contributed by atoms with Crippen molar-refractivity contribution in [3.63, 3.8) is 0 Å². The van der Waals surface area contributed by atoms with Gasteiger partial charge in [0.2, 0.25) is 0 Å². The lowest BCUT2D eigenvalue weighted by atomic mass is 9.80. The Bertz CT molecular complexity index is 2860. The van der Waals surface area contributed by atoms with Gasteiger partial charge in [0.1, 0.15) is 41.7 Å². The zero-order valence-corrected chi connectivity index (χ0v) is 46.0. The Morgan fingerprint density at radius 3 is 1.82 bits per heavy atom. The van der Waals surface area contributed by atoms with Gasteiger partial charge in [0.25, 0.3) is 25.9 Å². The van der Waals surface area contributed by atoms with E-state index in [-0.39, 0.29) is 61.2 Å². The molecule has 0 radical (unpaired) electrons. The largest absolute Gasteiger partial charge is 0.497 e. The molecule has 0 bridgehead atoms. The van der Waals surface area contributed by atoms with Crippen molar-refractivity contribution in [2.75, 3.05) is 40.6 Å². The van der Waals surface area contributed by atoms with E-state index in [0.29, 0.717) is 22.6 Å². The van der Waals surface area contributed by atoms with Crippen molar-refractivity contribution >= 4 is 39.8 Å². The fourth-order valence-electron chi connectivity index (χ4n) is 9.41. The number of methoxy groups -OCH3 is 2. The molecule has 0 spiro atoms. The van der Waals surface area contributed by atoms with Crippen LogP contribution in [-0.2, 0) is 35.1 Å². The summed E-state index contributed by atoms with van der Waals surface area (Å²) in [5, 5.41) is 9.88. The number of imide groups is 1. The summed E-state index contributed by atoms with van der Waals surface area (Å²) in [4.78, 5) is 51.4. The van der Waals surface area contributed by atoms with E-state index in [1.54, 1.807) is 43.1 Å². The van der Waals surface area contributed by atoms with Crippen molar-refractivity contribution < 1.29 is 47.1 Å². The van der Waals surface area contributed by atoms with Gasteiger partial charge in [0, 0.05) is 25.2 Å². The number of hydrogen-bond acceptors (Lipinski definition) is 14. The standard InChI is InChI=1S/C55H69N6O11PSi/c1-36(2)61(37(3)4)73(69-32-31-62)71-48-47(72-74(10,11)54(5,6)7)45(33-68-55(38-17-13-12-14-18-38,39-21-25-41(66-8)26-22-39)40-23-27-42(67-9)28-24-40)70-53(48)60-35-56-46-49(60)57-34-58(52(46)65)29-30-59-50(63)43-19-15-16-20-44(43)51(59)64/h12-28,34-37,45,47-48,53,62H,29-33H2,1-11H3/t45-,47-,48-,53-,73?/m1/s1. The van der Waals surface area contributed by atoms with Crippen molar-refractivity contribution in [1.29, 1.82) is 0 Å². The van der Waals surface area contributed by atoms with Crippen LogP contribution in [0.15, 0.2) is 121 Å². The fraction of sp³-hybridized carbons (Fsp3) is 0.436. The molecular formula is C55H69N6O11PSi. The number of carbonyl (C=O) groups is 2. The van der Waals surface area contributed by atoms with Gasteiger partial charge in [-0.15, -0.1) is 0 Å². The summed E-state index contributed by atoms with van der Waals surface area (Å²) in [6, 6.07) is 32.2. The van der Waals surface area contributed by atoms with Crippen molar-refractivity contribution in [2.24, 2.45) is 0 Å². The second-order valence-corrected chi connectivity index (χ2v) is 26.7. The van der Waals surface area contributed by atoms with Crippen LogP contribution in [0.3, 0.4) is 0 Å². The van der Waals surface area contributed by atoms with Gasteiger partial charge in [-0.3, -0.25) is 28.4 Å². The minimum atomic E-state index is -2.70. The Morgan fingerprint density at radius 1 is 0.743 bits per heavy atom. The summed E-state index contributed by atoms with van der Waals surface area (Å²) in [7, 11) is -1.33. The molecule has 2 amide bonds. The molecule has 74 heavy (non-hydrogen) atoms. The molecule has 1 fully saturated rings. The molecule has 1 N–H and O–H groups in total. The van der Waals surface area contributed by atoms with Gasteiger partial charge >= 0.3 is 0 Å². The highest BCUT2D eigenvalue weighted by Gasteiger charge is 2.54. The van der Waals surface area contributed by atoms with Crippen LogP contribution in [0.1, 0.15) is 92.1 Å². The number of ether oxygens (including phenoxy) is 4. The van der Waals surface area contributed by atoms with E-state index in [0.717, 1.165) is 21.6 Å². The number of aliphatic hydroxyl groups is 1. The number of nitrogens with zero attached hydrogens (tertiary/aromatic N) is 6. The summed E-state index contributed by atoms with van der Waals surface area (Å²) >= 11 is 0. The predicted molar refractivity (Wildman–Crippen MR) is 285 cm³/mol. The molecule has 19 heteroatoms. The van der Waals surface area contributed by atoms with Crippen LogP contribution in [-0.4, -0.2) is 125 Å². The van der Waals surface area contributed by atoms with Crippen molar-refractivity contribution in [3.05, 3.63) is 154 Å². The maximum Gasteiger partial charge on any atom is 0.281 e. The van der Waals surface area contributed by atoms with Crippen LogP contribution in [0, 0.1) is 0 Å². The molecule has 4 aromatic carbocycles. The highest BCUT2D eigenvalue weighted by molar-refractivity contribution is 7.44. The van der Waals surface area contributed by atoms with E-state index in [2.05, 4.69) is 71.2 Å². The van der Waals surface area contributed by atoms with Crippen LogP contribution in [0.2, 0.25) is 18.1 Å². The number of amides is 2. The fourth-order valence-corrected chi connectivity index (χ4v) is 12.5. The van der Waals surface area contributed by atoms with E-state index >= 15 is 0 Å². The first-order valence-electron chi connectivity index (χ1n) is 25.0. The smallest absolute Gasteiger partial charge is 0.281 e. The van der Waals surface area contributed by atoms with Crippen molar-refractivity contribution in [1.82, 2.24) is 28.7 Å². The van der Waals surface area contributed by atoms with Gasteiger partial charge in [0.05, 0.1) is 51.5 Å². The van der Waals surface area contributed by atoms with Gasteiger partial charge in [-0.25, -0.2) is 14.6 Å². The summed E-state index contributed by atoms with van der Waals surface area (Å²) in [6.07, 6.45) is -0.652. The molecule has 5 atom stereocenters. The maximum absolute atomic E-state index is 14.4. The molecule has 0 saturated carbocycles. The quantitative estimate of drug-likeness (QED) is 0.0295. The minimum Gasteiger partial charge on any atom is -0.497 e. The number of benzene rings is 4. The number of aromatic nitrogens is 4. The van der Waals surface area contributed by atoms with E-state index in [4.69, 9.17) is 37.4 Å². The van der Waals surface area contributed by atoms with Crippen LogP contribution >= 0.6 is 8.53 Å². The summed E-state index contributed by atoms with van der Waals surface area (Å²) in [5.41, 5.74) is 1.74. The number of carbonyl (C=O) groups excluding carboxylic acids is 2. The van der Waals surface area contributed by atoms with Crippen LogP contribution in [0.4, 0.5) is 0 Å². The first-order chi connectivity index (χ1) is 35.3. The Balaban J connectivity index is 1.25. The molecule has 2 aliphatic heterocycles. The van der Waals surface area contributed by atoms with Crippen molar-refractivity contribution in [2.45, 2.75) is 115 Å². The number of fused-ring (bicyclic) bond motifs is 2. The highest BCUT2D eigenvalue weighted by atomic mass is 31.2. The SMILES string of the molecule is COc1ccc(C(OC[C@H]2O[C@@H](n3cnc4c(=O)n(CCN5C(=O)c6ccccc6C5=O)cnc43)[C@H](OP(OCCO)N(C(C)C)C(C)C)[C@@H]2O[Si](C)(C)C(C)(C)C)(c2ccccc2)c2ccc(OC)cc2)cc1. The Labute approximate surface area is 435 Å². The summed E-state index contributed by atoms with van der Waals surface area (Å²) < 4.78 is 52.6. The molecular weight excluding hydrogens is 980 g/mol. The van der Waals surface area contributed by atoms with Crippen molar-refractivity contribution in [3.8, 4) is 11.5 Å². The van der Waals surface area contributed by atoms with Gasteiger partial charge < -0.3 is 37.5 Å². The predicted octanol–water partition coefficient (Wildman–Crippen LogP) is 8.94. The van der Waals surface area contributed by atoms with E-state index in [1.165, 1.54) is 17.2 Å². The van der Waals surface area contributed by atoms with E-state index in [1.807, 2.05) is 78.9 Å². The average Bonchev–Trinajstić information content (AvgIpc) is 4.04. The Hall–Kier alpha value is -5.66. The monoisotopic (exact) mass is 1050 g/mol. The highest BCUT2D eigenvalue weighted by Crippen LogP contribution is 2.53. The molecule has 8 rings (SSSR count).